The van der Waals surface area contributed by atoms with Crippen LogP contribution in [0, 0.1) is 5.92 Å². The summed E-state index contributed by atoms with van der Waals surface area (Å²) in [5.41, 5.74) is 5.34. The van der Waals surface area contributed by atoms with Crippen LogP contribution in [0.2, 0.25) is 0 Å². The zero-order valence-corrected chi connectivity index (χ0v) is 11.3. The number of esters is 1. The van der Waals surface area contributed by atoms with Gasteiger partial charge in [0, 0.05) is 6.04 Å². The fraction of sp³-hybridized carbons (Fsp3) is 0.923. The third-order valence-electron chi connectivity index (χ3n) is 3.14. The molecule has 4 nitrogen and oxygen atoms in total. The molecule has 0 spiro atoms. The highest BCUT2D eigenvalue weighted by molar-refractivity contribution is 5.72. The first-order valence-electron chi connectivity index (χ1n) is 6.57. The van der Waals surface area contributed by atoms with Crippen LogP contribution in [0.3, 0.4) is 0 Å². The largest absolute Gasteiger partial charge is 0.459 e. The minimum absolute atomic E-state index is 0.182. The van der Waals surface area contributed by atoms with E-state index in [2.05, 4.69) is 5.32 Å². The van der Waals surface area contributed by atoms with Crippen LogP contribution in [-0.4, -0.2) is 30.7 Å². The van der Waals surface area contributed by atoms with Crippen molar-refractivity contribution in [1.82, 2.24) is 5.32 Å². The zero-order valence-electron chi connectivity index (χ0n) is 11.3. The lowest BCUT2D eigenvalue weighted by molar-refractivity contribution is -0.153. The number of nitrogens with one attached hydrogen (secondary N) is 1. The second kappa shape index (κ2) is 6.36. The van der Waals surface area contributed by atoms with Crippen LogP contribution in [0.15, 0.2) is 0 Å². The Morgan fingerprint density at radius 3 is 2.59 bits per heavy atom. The second-order valence-corrected chi connectivity index (χ2v) is 5.85. The summed E-state index contributed by atoms with van der Waals surface area (Å²) in [7, 11) is 0. The summed E-state index contributed by atoms with van der Waals surface area (Å²) in [5, 5.41) is 3.29. The molecule has 1 fully saturated rings. The van der Waals surface area contributed by atoms with Gasteiger partial charge in [-0.2, -0.15) is 0 Å². The van der Waals surface area contributed by atoms with Gasteiger partial charge >= 0.3 is 5.97 Å². The smallest absolute Gasteiger partial charge is 0.320 e. The quantitative estimate of drug-likeness (QED) is 0.732. The lowest BCUT2D eigenvalue weighted by Crippen LogP contribution is -2.44. The van der Waals surface area contributed by atoms with Gasteiger partial charge in [-0.3, -0.25) is 4.79 Å². The van der Waals surface area contributed by atoms with E-state index in [4.69, 9.17) is 10.5 Å². The number of rotatable bonds is 4. The zero-order chi connectivity index (χ0) is 12.9. The topological polar surface area (TPSA) is 64.3 Å². The first-order chi connectivity index (χ1) is 7.92. The second-order valence-electron chi connectivity index (χ2n) is 5.85. The standard InChI is InChI=1S/C13H26N2O2/c1-13(2,3)17-12(16)9-15-11-7-5-4-6-10(11)8-14/h10-11,15H,4-9,14H2,1-3H3. The predicted molar refractivity (Wildman–Crippen MR) is 68.6 cm³/mol. The van der Waals surface area contributed by atoms with Gasteiger partial charge in [-0.25, -0.2) is 0 Å². The molecule has 0 heterocycles. The van der Waals surface area contributed by atoms with E-state index in [0.717, 1.165) is 6.42 Å². The van der Waals surface area contributed by atoms with Crippen molar-refractivity contribution >= 4 is 5.97 Å². The lowest BCUT2D eigenvalue weighted by atomic mass is 9.84. The summed E-state index contributed by atoms with van der Waals surface area (Å²) in [4.78, 5) is 11.6. The molecule has 0 amide bonds. The molecular weight excluding hydrogens is 216 g/mol. The summed E-state index contributed by atoms with van der Waals surface area (Å²) in [6.07, 6.45) is 4.77. The summed E-state index contributed by atoms with van der Waals surface area (Å²) in [6, 6.07) is 0.376. The van der Waals surface area contributed by atoms with Gasteiger partial charge < -0.3 is 15.8 Å². The van der Waals surface area contributed by atoms with Crippen LogP contribution >= 0.6 is 0 Å². The highest BCUT2D eigenvalue weighted by Crippen LogP contribution is 2.23. The Morgan fingerprint density at radius 2 is 2.00 bits per heavy atom. The molecule has 0 aliphatic heterocycles. The van der Waals surface area contributed by atoms with Crippen molar-refractivity contribution in [3.8, 4) is 0 Å². The molecule has 3 N–H and O–H groups in total. The van der Waals surface area contributed by atoms with Gasteiger partial charge in [-0.05, 0) is 46.1 Å². The Morgan fingerprint density at radius 1 is 1.35 bits per heavy atom. The van der Waals surface area contributed by atoms with Crippen molar-refractivity contribution < 1.29 is 9.53 Å². The van der Waals surface area contributed by atoms with Crippen LogP contribution in [0.4, 0.5) is 0 Å². The molecule has 100 valence electrons. The van der Waals surface area contributed by atoms with Crippen LogP contribution in [0.5, 0.6) is 0 Å². The van der Waals surface area contributed by atoms with Gasteiger partial charge in [0.25, 0.3) is 0 Å². The summed E-state index contributed by atoms with van der Waals surface area (Å²) >= 11 is 0. The van der Waals surface area contributed by atoms with E-state index in [1.165, 1.54) is 19.3 Å². The fourth-order valence-electron chi connectivity index (χ4n) is 2.35. The highest BCUT2D eigenvalue weighted by Gasteiger charge is 2.24. The van der Waals surface area contributed by atoms with E-state index < -0.39 is 5.60 Å². The average Bonchev–Trinajstić information content (AvgIpc) is 2.24. The average molecular weight is 242 g/mol. The molecule has 17 heavy (non-hydrogen) atoms. The van der Waals surface area contributed by atoms with Crippen molar-refractivity contribution in [3.63, 3.8) is 0 Å². The molecule has 0 aromatic carbocycles. The maximum Gasteiger partial charge on any atom is 0.320 e. The minimum Gasteiger partial charge on any atom is -0.459 e. The Balaban J connectivity index is 2.31. The maximum absolute atomic E-state index is 11.6. The Bertz CT molecular complexity index is 248. The van der Waals surface area contributed by atoms with Crippen molar-refractivity contribution in [2.45, 2.75) is 58.1 Å². The molecule has 0 saturated heterocycles. The molecule has 0 aromatic rings. The first kappa shape index (κ1) is 14.5. The van der Waals surface area contributed by atoms with Crippen molar-refractivity contribution in [2.75, 3.05) is 13.1 Å². The van der Waals surface area contributed by atoms with Crippen molar-refractivity contribution in [2.24, 2.45) is 11.7 Å². The summed E-state index contributed by atoms with van der Waals surface area (Å²) in [6.45, 7) is 6.64. The van der Waals surface area contributed by atoms with Crippen LogP contribution in [-0.2, 0) is 9.53 Å². The van der Waals surface area contributed by atoms with E-state index in [1.54, 1.807) is 0 Å². The monoisotopic (exact) mass is 242 g/mol. The summed E-state index contributed by atoms with van der Waals surface area (Å²) in [5.74, 6) is 0.324. The molecule has 1 rings (SSSR count). The number of carbonyl (C=O) groups excluding carboxylic acids is 1. The normalized spacial score (nSPS) is 25.6. The molecular formula is C13H26N2O2. The molecule has 2 atom stereocenters. The Hall–Kier alpha value is -0.610. The Labute approximate surface area is 104 Å². The molecule has 4 heteroatoms. The van der Waals surface area contributed by atoms with E-state index in [0.29, 0.717) is 25.0 Å². The van der Waals surface area contributed by atoms with E-state index in [-0.39, 0.29) is 5.97 Å². The van der Waals surface area contributed by atoms with Gasteiger partial charge in [0.05, 0.1) is 6.54 Å². The van der Waals surface area contributed by atoms with Crippen LogP contribution in [0.1, 0.15) is 46.5 Å². The van der Waals surface area contributed by atoms with E-state index in [9.17, 15) is 4.79 Å². The third kappa shape index (κ3) is 5.50. The maximum atomic E-state index is 11.6. The van der Waals surface area contributed by atoms with Gasteiger partial charge in [-0.1, -0.05) is 12.8 Å². The van der Waals surface area contributed by atoms with Crippen molar-refractivity contribution in [1.29, 1.82) is 0 Å². The van der Waals surface area contributed by atoms with Gasteiger partial charge in [0.1, 0.15) is 5.60 Å². The minimum atomic E-state index is -0.404. The third-order valence-corrected chi connectivity index (χ3v) is 3.14. The van der Waals surface area contributed by atoms with E-state index in [1.807, 2.05) is 20.8 Å². The van der Waals surface area contributed by atoms with Crippen LogP contribution < -0.4 is 11.1 Å². The van der Waals surface area contributed by atoms with Crippen molar-refractivity contribution in [3.05, 3.63) is 0 Å². The molecule has 0 bridgehead atoms. The number of hydrogen-bond donors (Lipinski definition) is 2. The lowest BCUT2D eigenvalue weighted by Gasteiger charge is -2.31. The van der Waals surface area contributed by atoms with Gasteiger partial charge in [0.2, 0.25) is 0 Å². The molecule has 1 aliphatic carbocycles. The number of nitrogens with two attached hydrogens (primary N) is 1. The van der Waals surface area contributed by atoms with Gasteiger partial charge in [0.15, 0.2) is 0 Å². The SMILES string of the molecule is CC(C)(C)OC(=O)CNC1CCCCC1CN. The molecule has 0 aromatic heterocycles. The molecule has 1 saturated carbocycles. The predicted octanol–water partition coefficient (Wildman–Crippen LogP) is 1.44. The number of carbonyl (C=O) groups is 1. The molecule has 0 radical (unpaired) electrons. The fourth-order valence-corrected chi connectivity index (χ4v) is 2.35. The molecule has 1 aliphatic rings. The Kier molecular flexibility index (Phi) is 5.40. The number of ether oxygens (including phenoxy) is 1. The highest BCUT2D eigenvalue weighted by atomic mass is 16.6. The van der Waals surface area contributed by atoms with Gasteiger partial charge in [-0.15, -0.1) is 0 Å². The first-order valence-corrected chi connectivity index (χ1v) is 6.57. The molecule has 2 unspecified atom stereocenters. The van der Waals surface area contributed by atoms with E-state index >= 15 is 0 Å². The number of hydrogen-bond acceptors (Lipinski definition) is 4. The summed E-state index contributed by atoms with van der Waals surface area (Å²) < 4.78 is 5.26. The van der Waals surface area contributed by atoms with Crippen LogP contribution in [0.25, 0.3) is 0 Å².